The average Bonchev–Trinajstić information content (AvgIpc) is 3.39. The van der Waals surface area contributed by atoms with Gasteiger partial charge in [-0.3, -0.25) is 14.7 Å². The molecule has 0 spiro atoms. The van der Waals surface area contributed by atoms with Crippen LogP contribution in [0.3, 0.4) is 0 Å². The van der Waals surface area contributed by atoms with Gasteiger partial charge in [0, 0.05) is 24.5 Å². The third-order valence-corrected chi connectivity index (χ3v) is 4.64. The van der Waals surface area contributed by atoms with Gasteiger partial charge < -0.3 is 14.3 Å². The maximum Gasteiger partial charge on any atom is 0.246 e. The largest absolute Gasteiger partial charge is 0.468 e. The van der Waals surface area contributed by atoms with Gasteiger partial charge in [-0.05, 0) is 43.7 Å². The third-order valence-electron chi connectivity index (χ3n) is 4.64. The lowest BCUT2D eigenvalue weighted by Gasteiger charge is -2.31. The van der Waals surface area contributed by atoms with Gasteiger partial charge in [0.25, 0.3) is 0 Å². The maximum atomic E-state index is 12.5. The van der Waals surface area contributed by atoms with Gasteiger partial charge in [-0.2, -0.15) is 4.98 Å². The van der Waals surface area contributed by atoms with E-state index in [0.717, 1.165) is 43.8 Å². The predicted octanol–water partition coefficient (Wildman–Crippen LogP) is 2.25. The number of likely N-dealkylation sites (tertiary alicyclic amines) is 1. The number of carbonyl (C=O) groups is 1. The summed E-state index contributed by atoms with van der Waals surface area (Å²) in [6, 6.07) is 7.51. The Kier molecular flexibility index (Phi) is 5.24. The average molecular weight is 367 g/mol. The number of rotatable bonds is 6. The molecule has 4 heterocycles. The summed E-state index contributed by atoms with van der Waals surface area (Å²) in [5.74, 6) is 1.74. The minimum absolute atomic E-state index is 0.0141. The van der Waals surface area contributed by atoms with Gasteiger partial charge in [-0.15, -0.1) is 0 Å². The van der Waals surface area contributed by atoms with E-state index in [4.69, 9.17) is 8.94 Å². The van der Waals surface area contributed by atoms with Crippen molar-refractivity contribution >= 4 is 5.91 Å². The summed E-state index contributed by atoms with van der Waals surface area (Å²) in [6.07, 6.45) is 6.90. The Morgan fingerprint density at radius 2 is 2.30 bits per heavy atom. The lowest BCUT2D eigenvalue weighted by atomic mass is 9.97. The van der Waals surface area contributed by atoms with E-state index in [-0.39, 0.29) is 18.4 Å². The van der Waals surface area contributed by atoms with E-state index in [1.165, 1.54) is 0 Å². The number of carbonyl (C=O) groups excluding carboxylic acids is 1. The zero-order valence-electron chi connectivity index (χ0n) is 14.9. The van der Waals surface area contributed by atoms with Crippen molar-refractivity contribution in [3.63, 3.8) is 0 Å². The highest BCUT2D eigenvalue weighted by molar-refractivity contribution is 5.78. The van der Waals surface area contributed by atoms with Gasteiger partial charge in [-0.1, -0.05) is 5.16 Å². The fourth-order valence-electron chi connectivity index (χ4n) is 3.28. The van der Waals surface area contributed by atoms with Crippen molar-refractivity contribution in [3.05, 3.63) is 54.6 Å². The Bertz CT molecular complexity index is 863. The van der Waals surface area contributed by atoms with Crippen LogP contribution < -0.4 is 5.32 Å². The highest BCUT2D eigenvalue weighted by Gasteiger charge is 2.26. The van der Waals surface area contributed by atoms with Crippen LogP contribution in [-0.2, 0) is 17.9 Å². The van der Waals surface area contributed by atoms with Gasteiger partial charge in [0.15, 0.2) is 0 Å². The molecule has 1 amide bonds. The molecule has 1 aliphatic heterocycles. The molecule has 8 nitrogen and oxygen atoms in total. The van der Waals surface area contributed by atoms with Crippen molar-refractivity contribution in [1.29, 1.82) is 0 Å². The summed E-state index contributed by atoms with van der Waals surface area (Å²) in [7, 11) is 0. The quantitative estimate of drug-likeness (QED) is 0.713. The van der Waals surface area contributed by atoms with Crippen molar-refractivity contribution in [2.24, 2.45) is 5.92 Å². The Morgan fingerprint density at radius 1 is 1.33 bits per heavy atom. The molecule has 1 fully saturated rings. The third kappa shape index (κ3) is 4.40. The van der Waals surface area contributed by atoms with Gasteiger partial charge in [-0.25, -0.2) is 0 Å². The summed E-state index contributed by atoms with van der Waals surface area (Å²) in [6.45, 7) is 2.65. The first kappa shape index (κ1) is 17.4. The first-order valence-electron chi connectivity index (χ1n) is 9.03. The van der Waals surface area contributed by atoms with Crippen molar-refractivity contribution in [2.45, 2.75) is 25.9 Å². The monoisotopic (exact) mass is 367 g/mol. The number of nitrogens with zero attached hydrogens (tertiary/aromatic N) is 4. The molecule has 0 aliphatic carbocycles. The number of hydrogen-bond acceptors (Lipinski definition) is 7. The van der Waals surface area contributed by atoms with Crippen LogP contribution in [0.1, 0.15) is 24.5 Å². The Balaban J connectivity index is 1.29. The molecule has 0 unspecified atom stereocenters. The van der Waals surface area contributed by atoms with E-state index in [2.05, 4.69) is 25.3 Å². The van der Waals surface area contributed by atoms with E-state index in [1.807, 2.05) is 24.3 Å². The molecule has 1 N–H and O–H groups in total. The number of aromatic nitrogens is 3. The molecule has 0 saturated carbocycles. The number of piperidine rings is 1. The minimum atomic E-state index is -0.0468. The van der Waals surface area contributed by atoms with Crippen molar-refractivity contribution in [1.82, 2.24) is 25.3 Å². The van der Waals surface area contributed by atoms with Gasteiger partial charge in [0.2, 0.25) is 17.6 Å². The molecule has 8 heteroatoms. The SMILES string of the molecule is O=C(NCc1nc(-c2cccnc2)no1)[C@@H]1CCCN(Cc2ccco2)C1. The lowest BCUT2D eigenvalue weighted by molar-refractivity contribution is -0.127. The topological polar surface area (TPSA) is 97.3 Å². The van der Waals surface area contributed by atoms with Crippen LogP contribution in [0.5, 0.6) is 0 Å². The molecule has 27 heavy (non-hydrogen) atoms. The number of nitrogens with one attached hydrogen (secondary N) is 1. The van der Waals surface area contributed by atoms with Crippen LogP contribution in [0.25, 0.3) is 11.4 Å². The minimum Gasteiger partial charge on any atom is -0.468 e. The molecule has 1 saturated heterocycles. The second kappa shape index (κ2) is 8.13. The smallest absolute Gasteiger partial charge is 0.246 e. The summed E-state index contributed by atoms with van der Waals surface area (Å²) >= 11 is 0. The standard InChI is InChI=1S/C19H21N5O3/c25-19(15-5-2-8-24(12-15)13-16-6-3-9-26-16)21-11-17-22-18(23-27-17)14-4-1-7-20-10-14/h1,3-4,6-7,9-10,15H,2,5,8,11-13H2,(H,21,25)/t15-/m1/s1. The molecule has 0 bridgehead atoms. The molecule has 140 valence electrons. The Hall–Kier alpha value is -3.00. The highest BCUT2D eigenvalue weighted by atomic mass is 16.5. The van der Waals surface area contributed by atoms with E-state index in [0.29, 0.717) is 11.7 Å². The first-order chi connectivity index (χ1) is 13.3. The van der Waals surface area contributed by atoms with Crippen LogP contribution in [0.15, 0.2) is 51.9 Å². The molecule has 3 aromatic rings. The van der Waals surface area contributed by atoms with Crippen molar-refractivity contribution in [2.75, 3.05) is 13.1 Å². The molecule has 0 aromatic carbocycles. The maximum absolute atomic E-state index is 12.5. The molecule has 3 aromatic heterocycles. The van der Waals surface area contributed by atoms with Crippen LogP contribution in [0, 0.1) is 5.92 Å². The van der Waals surface area contributed by atoms with Crippen molar-refractivity contribution < 1.29 is 13.7 Å². The van der Waals surface area contributed by atoms with Gasteiger partial charge in [0.1, 0.15) is 5.76 Å². The number of amides is 1. The van der Waals surface area contributed by atoms with Crippen LogP contribution in [0.4, 0.5) is 0 Å². The van der Waals surface area contributed by atoms with Gasteiger partial charge in [0.05, 0.1) is 25.3 Å². The summed E-state index contributed by atoms with van der Waals surface area (Å²) in [4.78, 5) is 23.1. The summed E-state index contributed by atoms with van der Waals surface area (Å²) < 4.78 is 10.6. The van der Waals surface area contributed by atoms with E-state index in [9.17, 15) is 4.79 Å². The van der Waals surface area contributed by atoms with E-state index >= 15 is 0 Å². The zero-order valence-corrected chi connectivity index (χ0v) is 14.9. The second-order valence-electron chi connectivity index (χ2n) is 6.62. The summed E-state index contributed by atoms with van der Waals surface area (Å²) in [5, 5.41) is 6.85. The van der Waals surface area contributed by atoms with Crippen LogP contribution >= 0.6 is 0 Å². The fraction of sp³-hybridized carbons (Fsp3) is 0.368. The van der Waals surface area contributed by atoms with E-state index in [1.54, 1.807) is 18.7 Å². The molecule has 0 radical (unpaired) electrons. The van der Waals surface area contributed by atoms with Crippen LogP contribution in [-0.4, -0.2) is 39.0 Å². The molecule has 1 aliphatic rings. The first-order valence-corrected chi connectivity index (χ1v) is 9.03. The molecular formula is C19H21N5O3. The number of hydrogen-bond donors (Lipinski definition) is 1. The van der Waals surface area contributed by atoms with E-state index < -0.39 is 0 Å². The predicted molar refractivity (Wildman–Crippen MR) is 96.1 cm³/mol. The normalized spacial score (nSPS) is 17.7. The number of pyridine rings is 1. The van der Waals surface area contributed by atoms with Crippen LogP contribution in [0.2, 0.25) is 0 Å². The molecule has 4 rings (SSSR count). The summed E-state index contributed by atoms with van der Waals surface area (Å²) in [5.41, 5.74) is 0.777. The lowest BCUT2D eigenvalue weighted by Crippen LogP contribution is -2.42. The Morgan fingerprint density at radius 3 is 3.11 bits per heavy atom. The molecule has 1 atom stereocenters. The Labute approximate surface area is 156 Å². The van der Waals surface area contributed by atoms with Gasteiger partial charge >= 0.3 is 0 Å². The highest BCUT2D eigenvalue weighted by Crippen LogP contribution is 2.19. The van der Waals surface area contributed by atoms with Crippen molar-refractivity contribution in [3.8, 4) is 11.4 Å². The number of furan rings is 1. The fourth-order valence-corrected chi connectivity index (χ4v) is 3.28. The second-order valence-corrected chi connectivity index (χ2v) is 6.62. The zero-order chi connectivity index (χ0) is 18.5. The molecular weight excluding hydrogens is 346 g/mol.